The van der Waals surface area contributed by atoms with Gasteiger partial charge in [0.15, 0.2) is 0 Å². The van der Waals surface area contributed by atoms with Gasteiger partial charge in [-0.2, -0.15) is 0 Å². The van der Waals surface area contributed by atoms with E-state index < -0.39 is 5.60 Å². The molecule has 0 aromatic heterocycles. The van der Waals surface area contributed by atoms with E-state index in [1.807, 2.05) is 26.8 Å². The van der Waals surface area contributed by atoms with Crippen LogP contribution in [-0.2, 0) is 17.7 Å². The molecule has 0 unspecified atom stereocenters. The fraction of sp³-hybridized carbons (Fsp3) is 0.611. The molecule has 5 nitrogen and oxygen atoms in total. The first-order chi connectivity index (χ1) is 10.9. The van der Waals surface area contributed by atoms with E-state index in [9.17, 15) is 4.79 Å². The number of para-hydroxylation sites is 1. The topological polar surface area (TPSA) is 61.8 Å². The highest BCUT2D eigenvalue weighted by atomic mass is 16.6. The Hall–Kier alpha value is -1.59. The molecule has 5 heteroatoms. The van der Waals surface area contributed by atoms with Gasteiger partial charge in [-0.05, 0) is 57.7 Å². The molecule has 1 amide bonds. The molecule has 1 aromatic rings. The molecule has 1 heterocycles. The molecule has 2 rings (SSSR count). The first-order valence-electron chi connectivity index (χ1n) is 8.35. The largest absolute Gasteiger partial charge is 0.443 e. The Bertz CT molecular complexity index is 538. The monoisotopic (exact) mass is 320 g/mol. The van der Waals surface area contributed by atoms with Crippen molar-refractivity contribution in [3.63, 3.8) is 0 Å². The van der Waals surface area contributed by atoms with Crippen molar-refractivity contribution < 1.29 is 14.6 Å². The minimum atomic E-state index is -0.489. The number of aliphatic hydroxyl groups is 1. The van der Waals surface area contributed by atoms with Gasteiger partial charge in [0, 0.05) is 19.7 Å². The molecule has 0 saturated carbocycles. The molecule has 0 fully saturated rings. The molecule has 2 N–H and O–H groups in total. The number of fused-ring (bicyclic) bond motifs is 1. The number of nitrogens with one attached hydrogen (secondary N) is 1. The third-order valence-corrected chi connectivity index (χ3v) is 3.77. The SMILES string of the molecule is CC(C)(C)OC(=O)N1CCc2cccc(CNCCCCO)c21. The van der Waals surface area contributed by atoms with Crippen LogP contribution in [0.2, 0.25) is 0 Å². The lowest BCUT2D eigenvalue weighted by molar-refractivity contribution is 0.0583. The molecule has 0 aliphatic carbocycles. The lowest BCUT2D eigenvalue weighted by atomic mass is 10.1. The molecule has 128 valence electrons. The van der Waals surface area contributed by atoms with Crippen LogP contribution >= 0.6 is 0 Å². The number of carbonyl (C=O) groups excluding carboxylic acids is 1. The fourth-order valence-corrected chi connectivity index (χ4v) is 2.76. The van der Waals surface area contributed by atoms with Gasteiger partial charge < -0.3 is 15.2 Å². The minimum absolute atomic E-state index is 0.231. The highest BCUT2D eigenvalue weighted by Gasteiger charge is 2.30. The average molecular weight is 320 g/mol. The number of rotatable bonds is 6. The summed E-state index contributed by atoms with van der Waals surface area (Å²) in [5.41, 5.74) is 2.83. The van der Waals surface area contributed by atoms with E-state index in [1.54, 1.807) is 4.90 Å². The Morgan fingerprint density at radius 2 is 2.13 bits per heavy atom. The van der Waals surface area contributed by atoms with Crippen molar-refractivity contribution in [3.8, 4) is 0 Å². The molecule has 1 aliphatic rings. The van der Waals surface area contributed by atoms with Crippen LogP contribution in [0.3, 0.4) is 0 Å². The molecule has 0 saturated heterocycles. The summed E-state index contributed by atoms with van der Waals surface area (Å²) in [6, 6.07) is 6.18. The minimum Gasteiger partial charge on any atom is -0.443 e. The van der Waals surface area contributed by atoms with Crippen LogP contribution < -0.4 is 10.2 Å². The molecule has 0 atom stereocenters. The van der Waals surface area contributed by atoms with Gasteiger partial charge >= 0.3 is 6.09 Å². The zero-order valence-electron chi connectivity index (χ0n) is 14.4. The molecular weight excluding hydrogens is 292 g/mol. The number of anilines is 1. The van der Waals surface area contributed by atoms with E-state index in [1.165, 1.54) is 5.56 Å². The zero-order valence-corrected chi connectivity index (χ0v) is 14.4. The second kappa shape index (κ2) is 7.79. The number of nitrogens with zero attached hydrogens (tertiary/aromatic N) is 1. The maximum absolute atomic E-state index is 12.4. The van der Waals surface area contributed by atoms with Crippen LogP contribution in [0.15, 0.2) is 18.2 Å². The van der Waals surface area contributed by atoms with E-state index >= 15 is 0 Å². The van der Waals surface area contributed by atoms with Gasteiger partial charge in [-0.3, -0.25) is 4.90 Å². The first kappa shape index (κ1) is 17.8. The quantitative estimate of drug-likeness (QED) is 0.791. The summed E-state index contributed by atoms with van der Waals surface area (Å²) in [6.45, 7) is 8.13. The smallest absolute Gasteiger partial charge is 0.414 e. The van der Waals surface area contributed by atoms with E-state index in [-0.39, 0.29) is 12.7 Å². The highest BCUT2D eigenvalue weighted by molar-refractivity contribution is 5.91. The number of amides is 1. The van der Waals surface area contributed by atoms with Gasteiger partial charge in [-0.25, -0.2) is 4.79 Å². The summed E-state index contributed by atoms with van der Waals surface area (Å²) in [5, 5.41) is 12.2. The average Bonchev–Trinajstić information content (AvgIpc) is 2.90. The van der Waals surface area contributed by atoms with Crippen molar-refractivity contribution in [1.82, 2.24) is 5.32 Å². The van der Waals surface area contributed by atoms with E-state index in [4.69, 9.17) is 9.84 Å². The Balaban J connectivity index is 2.06. The van der Waals surface area contributed by atoms with Crippen LogP contribution in [0.1, 0.15) is 44.7 Å². The Morgan fingerprint density at radius 3 is 2.83 bits per heavy atom. The maximum atomic E-state index is 12.4. The molecule has 23 heavy (non-hydrogen) atoms. The highest BCUT2D eigenvalue weighted by Crippen LogP contribution is 2.33. The molecular formula is C18H28N2O3. The number of unbranched alkanes of at least 4 members (excludes halogenated alkanes) is 1. The van der Waals surface area contributed by atoms with Crippen molar-refractivity contribution in [1.29, 1.82) is 0 Å². The molecule has 1 aliphatic heterocycles. The molecule has 1 aromatic carbocycles. The lowest BCUT2D eigenvalue weighted by Crippen LogP contribution is -2.36. The summed E-state index contributed by atoms with van der Waals surface area (Å²) in [6.07, 6.45) is 2.35. The van der Waals surface area contributed by atoms with E-state index in [0.29, 0.717) is 13.1 Å². The zero-order chi connectivity index (χ0) is 16.9. The fourth-order valence-electron chi connectivity index (χ4n) is 2.76. The second-order valence-electron chi connectivity index (χ2n) is 6.91. The first-order valence-corrected chi connectivity index (χ1v) is 8.35. The summed E-state index contributed by atoms with van der Waals surface area (Å²) >= 11 is 0. The second-order valence-corrected chi connectivity index (χ2v) is 6.91. The van der Waals surface area contributed by atoms with Gasteiger partial charge in [-0.1, -0.05) is 18.2 Å². The van der Waals surface area contributed by atoms with Crippen molar-refractivity contribution in [3.05, 3.63) is 29.3 Å². The van der Waals surface area contributed by atoms with Crippen LogP contribution in [0.25, 0.3) is 0 Å². The van der Waals surface area contributed by atoms with Gasteiger partial charge in [0.25, 0.3) is 0 Å². The number of hydrogen-bond acceptors (Lipinski definition) is 4. The normalized spacial score (nSPS) is 14.0. The summed E-state index contributed by atoms with van der Waals surface area (Å²) in [7, 11) is 0. The van der Waals surface area contributed by atoms with Crippen molar-refractivity contribution in [2.45, 2.75) is 52.2 Å². The van der Waals surface area contributed by atoms with Crippen LogP contribution in [0.4, 0.5) is 10.5 Å². The summed E-state index contributed by atoms with van der Waals surface area (Å²) in [5.74, 6) is 0. The number of ether oxygens (including phenoxy) is 1. The molecule has 0 bridgehead atoms. The predicted molar refractivity (Wildman–Crippen MR) is 91.8 cm³/mol. The molecule has 0 radical (unpaired) electrons. The Morgan fingerprint density at radius 1 is 1.35 bits per heavy atom. The van der Waals surface area contributed by atoms with Crippen molar-refractivity contribution in [2.75, 3.05) is 24.6 Å². The Kier molecular flexibility index (Phi) is 6.02. The molecule has 0 spiro atoms. The standard InChI is InChI=1S/C18H28N2O3/c1-18(2,3)23-17(22)20-11-9-14-7-6-8-15(16(14)20)13-19-10-4-5-12-21/h6-8,19,21H,4-5,9-13H2,1-3H3. The third-order valence-electron chi connectivity index (χ3n) is 3.77. The van der Waals surface area contributed by atoms with Gasteiger partial charge in [0.1, 0.15) is 5.60 Å². The summed E-state index contributed by atoms with van der Waals surface area (Å²) in [4.78, 5) is 14.2. The number of carbonyl (C=O) groups is 1. The lowest BCUT2D eigenvalue weighted by Gasteiger charge is -2.26. The number of benzene rings is 1. The summed E-state index contributed by atoms with van der Waals surface area (Å²) < 4.78 is 5.53. The number of hydrogen-bond donors (Lipinski definition) is 2. The van der Waals surface area contributed by atoms with Crippen LogP contribution in [0.5, 0.6) is 0 Å². The van der Waals surface area contributed by atoms with Gasteiger partial charge in [0.05, 0.1) is 5.69 Å². The van der Waals surface area contributed by atoms with Gasteiger partial charge in [-0.15, -0.1) is 0 Å². The van der Waals surface area contributed by atoms with Crippen LogP contribution in [0, 0.1) is 0 Å². The van der Waals surface area contributed by atoms with Gasteiger partial charge in [0.2, 0.25) is 0 Å². The third kappa shape index (κ3) is 4.94. The Labute approximate surface area is 138 Å². The van der Waals surface area contributed by atoms with Crippen molar-refractivity contribution in [2.24, 2.45) is 0 Å². The number of aliphatic hydroxyl groups excluding tert-OH is 1. The maximum Gasteiger partial charge on any atom is 0.414 e. The van der Waals surface area contributed by atoms with E-state index in [0.717, 1.165) is 37.1 Å². The van der Waals surface area contributed by atoms with Crippen molar-refractivity contribution >= 4 is 11.8 Å². The van der Waals surface area contributed by atoms with E-state index in [2.05, 4.69) is 17.4 Å². The van der Waals surface area contributed by atoms with Crippen LogP contribution in [-0.4, -0.2) is 36.5 Å². The predicted octanol–water partition coefficient (Wildman–Crippen LogP) is 2.85.